The van der Waals surface area contributed by atoms with Gasteiger partial charge in [0.1, 0.15) is 6.04 Å². The van der Waals surface area contributed by atoms with E-state index in [2.05, 4.69) is 5.32 Å². The summed E-state index contributed by atoms with van der Waals surface area (Å²) in [6.07, 6.45) is 0.480. The Morgan fingerprint density at radius 3 is 2.52 bits per heavy atom. The lowest BCUT2D eigenvalue weighted by atomic mass is 10.1. The van der Waals surface area contributed by atoms with Crippen molar-refractivity contribution >= 4 is 17.5 Å². The summed E-state index contributed by atoms with van der Waals surface area (Å²) in [6, 6.07) is 12.1. The Morgan fingerprint density at radius 2 is 1.84 bits per heavy atom. The molecule has 0 aromatic heterocycles. The van der Waals surface area contributed by atoms with Crippen LogP contribution in [0.25, 0.3) is 0 Å². The van der Waals surface area contributed by atoms with Crippen LogP contribution in [0.1, 0.15) is 15.9 Å². The molecular formula is C19H20N2O4. The highest BCUT2D eigenvalue weighted by Crippen LogP contribution is 2.37. The minimum absolute atomic E-state index is 0.202. The number of ether oxygens (including phenoxy) is 2. The number of carbonyl (C=O) groups excluding carboxylic acids is 2. The average Bonchev–Trinajstić information content (AvgIpc) is 3.05. The first-order valence-electron chi connectivity index (χ1n) is 7.96. The summed E-state index contributed by atoms with van der Waals surface area (Å²) in [5.74, 6) is 0.327. The number of hydrogen-bond acceptors (Lipinski definition) is 4. The molecule has 0 radical (unpaired) electrons. The van der Waals surface area contributed by atoms with E-state index in [1.54, 1.807) is 25.2 Å². The van der Waals surface area contributed by atoms with E-state index in [0.29, 0.717) is 23.5 Å². The zero-order chi connectivity index (χ0) is 18.0. The molecule has 3 rings (SSSR count). The SMILES string of the molecule is CNC(=O)C1Cc2ccccc2N1C(=O)c1cccc(OC)c1OC. The van der Waals surface area contributed by atoms with Crippen molar-refractivity contribution in [2.24, 2.45) is 0 Å². The Hall–Kier alpha value is -3.02. The molecule has 1 N–H and O–H groups in total. The van der Waals surface area contributed by atoms with Gasteiger partial charge in [-0.2, -0.15) is 0 Å². The van der Waals surface area contributed by atoms with Gasteiger partial charge in [0.2, 0.25) is 5.91 Å². The van der Waals surface area contributed by atoms with Crippen molar-refractivity contribution in [1.82, 2.24) is 5.32 Å². The zero-order valence-corrected chi connectivity index (χ0v) is 14.4. The monoisotopic (exact) mass is 340 g/mol. The summed E-state index contributed by atoms with van der Waals surface area (Å²) >= 11 is 0. The van der Waals surface area contributed by atoms with Crippen LogP contribution >= 0.6 is 0 Å². The maximum atomic E-state index is 13.3. The molecule has 2 aromatic carbocycles. The van der Waals surface area contributed by atoms with E-state index in [-0.39, 0.29) is 11.8 Å². The van der Waals surface area contributed by atoms with Gasteiger partial charge in [0.15, 0.2) is 11.5 Å². The quantitative estimate of drug-likeness (QED) is 0.925. The Balaban J connectivity index is 2.09. The maximum Gasteiger partial charge on any atom is 0.262 e. The number of rotatable bonds is 4. The predicted octanol–water partition coefficient (Wildman–Crippen LogP) is 2.02. The first-order chi connectivity index (χ1) is 12.1. The summed E-state index contributed by atoms with van der Waals surface area (Å²) in [7, 11) is 4.58. The smallest absolute Gasteiger partial charge is 0.262 e. The normalized spacial score (nSPS) is 15.5. The van der Waals surface area contributed by atoms with Gasteiger partial charge in [0.05, 0.1) is 19.8 Å². The van der Waals surface area contributed by atoms with Crippen LogP contribution in [0.2, 0.25) is 0 Å². The van der Waals surface area contributed by atoms with Crippen molar-refractivity contribution in [2.45, 2.75) is 12.5 Å². The van der Waals surface area contributed by atoms with E-state index >= 15 is 0 Å². The Kier molecular flexibility index (Phi) is 4.61. The molecule has 0 saturated carbocycles. The fourth-order valence-corrected chi connectivity index (χ4v) is 3.20. The van der Waals surface area contributed by atoms with Crippen LogP contribution in [0.4, 0.5) is 5.69 Å². The second-order valence-corrected chi connectivity index (χ2v) is 5.68. The second-order valence-electron chi connectivity index (χ2n) is 5.68. The molecule has 2 aromatic rings. The van der Waals surface area contributed by atoms with Gasteiger partial charge in [-0.05, 0) is 23.8 Å². The van der Waals surface area contributed by atoms with Crippen molar-refractivity contribution in [1.29, 1.82) is 0 Å². The highest BCUT2D eigenvalue weighted by atomic mass is 16.5. The van der Waals surface area contributed by atoms with E-state index in [4.69, 9.17) is 9.47 Å². The number of hydrogen-bond donors (Lipinski definition) is 1. The van der Waals surface area contributed by atoms with E-state index in [1.807, 2.05) is 24.3 Å². The van der Waals surface area contributed by atoms with E-state index in [1.165, 1.54) is 19.1 Å². The number of anilines is 1. The first-order valence-corrected chi connectivity index (χ1v) is 7.96. The van der Waals surface area contributed by atoms with Gasteiger partial charge in [0.25, 0.3) is 5.91 Å². The molecule has 1 aliphatic heterocycles. The third-order valence-electron chi connectivity index (χ3n) is 4.38. The standard InChI is InChI=1S/C19H20N2O4/c1-20-18(22)15-11-12-7-4-5-9-14(12)21(15)19(23)13-8-6-10-16(24-2)17(13)25-3/h4-10,15H,11H2,1-3H3,(H,20,22). The highest BCUT2D eigenvalue weighted by Gasteiger charge is 2.39. The lowest BCUT2D eigenvalue weighted by Crippen LogP contribution is -2.47. The van der Waals surface area contributed by atoms with Gasteiger partial charge in [-0.15, -0.1) is 0 Å². The summed E-state index contributed by atoms with van der Waals surface area (Å²) < 4.78 is 10.7. The average molecular weight is 340 g/mol. The van der Waals surface area contributed by atoms with Gasteiger partial charge in [-0.3, -0.25) is 14.5 Å². The van der Waals surface area contributed by atoms with Crippen LogP contribution in [0, 0.1) is 0 Å². The van der Waals surface area contributed by atoms with Gasteiger partial charge in [-0.1, -0.05) is 24.3 Å². The van der Waals surface area contributed by atoms with Crippen LogP contribution in [0.3, 0.4) is 0 Å². The molecule has 0 bridgehead atoms. The topological polar surface area (TPSA) is 67.9 Å². The Bertz CT molecular complexity index is 819. The number of nitrogens with one attached hydrogen (secondary N) is 1. The van der Waals surface area contributed by atoms with E-state index in [0.717, 1.165) is 11.3 Å². The van der Waals surface area contributed by atoms with Crippen LogP contribution in [0.5, 0.6) is 11.5 Å². The highest BCUT2D eigenvalue weighted by molar-refractivity contribution is 6.13. The van der Waals surface area contributed by atoms with Gasteiger partial charge >= 0.3 is 0 Å². The van der Waals surface area contributed by atoms with E-state index < -0.39 is 6.04 Å². The fourth-order valence-electron chi connectivity index (χ4n) is 3.20. The fraction of sp³-hybridized carbons (Fsp3) is 0.263. The molecule has 1 atom stereocenters. The molecule has 1 aliphatic rings. The van der Waals surface area contributed by atoms with Crippen LogP contribution in [-0.2, 0) is 11.2 Å². The molecule has 0 spiro atoms. The Morgan fingerprint density at radius 1 is 1.08 bits per heavy atom. The van der Waals surface area contributed by atoms with Crippen molar-refractivity contribution in [3.8, 4) is 11.5 Å². The summed E-state index contributed by atoms with van der Waals surface area (Å²) in [5, 5.41) is 2.64. The van der Waals surface area contributed by atoms with Crippen LogP contribution in [-0.4, -0.2) is 39.1 Å². The lowest BCUT2D eigenvalue weighted by molar-refractivity contribution is -0.121. The van der Waals surface area contributed by atoms with E-state index in [9.17, 15) is 9.59 Å². The maximum absolute atomic E-state index is 13.3. The predicted molar refractivity (Wildman–Crippen MR) is 94.4 cm³/mol. The molecular weight excluding hydrogens is 320 g/mol. The van der Waals surface area contributed by atoms with Crippen molar-refractivity contribution < 1.29 is 19.1 Å². The molecule has 6 nitrogen and oxygen atoms in total. The minimum Gasteiger partial charge on any atom is -0.493 e. The molecule has 130 valence electrons. The Labute approximate surface area is 146 Å². The van der Waals surface area contributed by atoms with Gasteiger partial charge < -0.3 is 14.8 Å². The largest absolute Gasteiger partial charge is 0.493 e. The van der Waals surface area contributed by atoms with Crippen LogP contribution < -0.4 is 19.7 Å². The van der Waals surface area contributed by atoms with Gasteiger partial charge in [0, 0.05) is 19.2 Å². The molecule has 6 heteroatoms. The van der Waals surface area contributed by atoms with Gasteiger partial charge in [-0.25, -0.2) is 0 Å². The van der Waals surface area contributed by atoms with Crippen molar-refractivity contribution in [3.63, 3.8) is 0 Å². The number of para-hydroxylation sites is 2. The number of likely N-dealkylation sites (N-methyl/N-ethyl adjacent to an activating group) is 1. The number of carbonyl (C=O) groups is 2. The summed E-state index contributed by atoms with van der Waals surface area (Å²) in [5.41, 5.74) is 2.06. The first kappa shape index (κ1) is 16.8. The molecule has 0 aliphatic carbocycles. The third kappa shape index (κ3) is 2.80. The van der Waals surface area contributed by atoms with Crippen LogP contribution in [0.15, 0.2) is 42.5 Å². The molecule has 1 unspecified atom stereocenters. The van der Waals surface area contributed by atoms with Crippen molar-refractivity contribution in [2.75, 3.05) is 26.2 Å². The molecule has 0 fully saturated rings. The molecule has 1 heterocycles. The number of fused-ring (bicyclic) bond motifs is 1. The molecule has 2 amide bonds. The summed E-state index contributed by atoms with van der Waals surface area (Å²) in [4.78, 5) is 27.2. The third-order valence-corrected chi connectivity index (χ3v) is 4.38. The molecule has 25 heavy (non-hydrogen) atoms. The molecule has 0 saturated heterocycles. The van der Waals surface area contributed by atoms with Crippen molar-refractivity contribution in [3.05, 3.63) is 53.6 Å². The minimum atomic E-state index is -0.592. The lowest BCUT2D eigenvalue weighted by Gasteiger charge is -2.25. The number of methoxy groups -OCH3 is 2. The second kappa shape index (κ2) is 6.84. The number of amides is 2. The number of benzene rings is 2. The zero-order valence-electron chi connectivity index (χ0n) is 14.4. The number of nitrogens with zero attached hydrogens (tertiary/aromatic N) is 1. The summed E-state index contributed by atoms with van der Waals surface area (Å²) in [6.45, 7) is 0.